The van der Waals surface area contributed by atoms with E-state index in [0.29, 0.717) is 16.7 Å². The van der Waals surface area contributed by atoms with E-state index in [0.717, 1.165) is 15.6 Å². The van der Waals surface area contributed by atoms with Gasteiger partial charge < -0.3 is 4.84 Å². The maximum Gasteiger partial charge on any atom is 0.294 e. The minimum Gasteiger partial charge on any atom is -0.404 e. The fourth-order valence-electron chi connectivity index (χ4n) is 2.73. The third-order valence-corrected chi connectivity index (χ3v) is 4.57. The highest BCUT2D eigenvalue weighted by Gasteiger charge is 2.13. The molecule has 0 spiro atoms. The monoisotopic (exact) mass is 406 g/mol. The first-order chi connectivity index (χ1) is 12.7. The second kappa shape index (κ2) is 7.14. The molecule has 3 aromatic carbocycles. The summed E-state index contributed by atoms with van der Waals surface area (Å²) >= 11 is 3.42. The van der Waals surface area contributed by atoms with Gasteiger partial charge in [-0.25, -0.2) is 4.98 Å². The van der Waals surface area contributed by atoms with Crippen LogP contribution >= 0.6 is 15.9 Å². The number of benzene rings is 3. The highest BCUT2D eigenvalue weighted by molar-refractivity contribution is 9.10. The van der Waals surface area contributed by atoms with Gasteiger partial charge >= 0.3 is 0 Å². The van der Waals surface area contributed by atoms with Gasteiger partial charge in [-0.3, -0.25) is 4.79 Å². The average Bonchev–Trinajstić information content (AvgIpc) is 2.69. The lowest BCUT2D eigenvalue weighted by molar-refractivity contribution is 0.0920. The van der Waals surface area contributed by atoms with Crippen molar-refractivity contribution in [2.24, 2.45) is 0 Å². The number of hydrogen-bond acceptors (Lipinski definition) is 3. The van der Waals surface area contributed by atoms with Crippen molar-refractivity contribution < 1.29 is 4.84 Å². The molecule has 4 rings (SSSR count). The summed E-state index contributed by atoms with van der Waals surface area (Å²) in [4.78, 5) is 23.5. The van der Waals surface area contributed by atoms with Crippen molar-refractivity contribution in [3.05, 3.63) is 99.3 Å². The van der Waals surface area contributed by atoms with Gasteiger partial charge in [-0.15, -0.1) is 4.73 Å². The summed E-state index contributed by atoms with van der Waals surface area (Å²) in [6.07, 6.45) is 0. The molecule has 26 heavy (non-hydrogen) atoms. The summed E-state index contributed by atoms with van der Waals surface area (Å²) in [7, 11) is 0. The first-order valence-electron chi connectivity index (χ1n) is 8.17. The highest BCUT2D eigenvalue weighted by atomic mass is 79.9. The minimum absolute atomic E-state index is 0.216. The molecule has 0 N–H and O–H groups in total. The molecule has 0 bridgehead atoms. The maximum atomic E-state index is 13.0. The lowest BCUT2D eigenvalue weighted by Crippen LogP contribution is -2.29. The number of rotatable bonds is 4. The van der Waals surface area contributed by atoms with Crippen LogP contribution in [0.4, 0.5) is 0 Å². The normalized spacial score (nSPS) is 10.8. The zero-order valence-electron chi connectivity index (χ0n) is 13.8. The molecule has 0 amide bonds. The van der Waals surface area contributed by atoms with Gasteiger partial charge in [0.2, 0.25) is 0 Å². The summed E-state index contributed by atoms with van der Waals surface area (Å²) < 4.78 is 2.29. The quantitative estimate of drug-likeness (QED) is 0.502. The molecule has 0 aliphatic rings. The van der Waals surface area contributed by atoms with Crippen LogP contribution in [-0.2, 0) is 6.61 Å². The number of aromatic nitrogens is 2. The van der Waals surface area contributed by atoms with Crippen LogP contribution in [0.3, 0.4) is 0 Å². The third kappa shape index (κ3) is 3.26. The maximum absolute atomic E-state index is 13.0. The van der Waals surface area contributed by atoms with Gasteiger partial charge in [-0.05, 0) is 29.8 Å². The highest BCUT2D eigenvalue weighted by Crippen LogP contribution is 2.18. The van der Waals surface area contributed by atoms with Crippen molar-refractivity contribution >= 4 is 26.8 Å². The van der Waals surface area contributed by atoms with E-state index in [1.165, 1.54) is 4.73 Å². The molecule has 1 heterocycles. The number of halogens is 1. The van der Waals surface area contributed by atoms with Gasteiger partial charge in [0.25, 0.3) is 5.56 Å². The van der Waals surface area contributed by atoms with E-state index < -0.39 is 0 Å². The molecular formula is C21H15BrN2O2. The van der Waals surface area contributed by atoms with Crippen molar-refractivity contribution in [3.63, 3.8) is 0 Å². The van der Waals surface area contributed by atoms with Crippen LogP contribution in [0.2, 0.25) is 0 Å². The Balaban J connectivity index is 1.81. The number of para-hydroxylation sites is 1. The van der Waals surface area contributed by atoms with Crippen LogP contribution in [0.1, 0.15) is 5.56 Å². The summed E-state index contributed by atoms with van der Waals surface area (Å²) in [5.41, 5.74) is 2.23. The van der Waals surface area contributed by atoms with Crippen LogP contribution in [0.15, 0.2) is 88.1 Å². The van der Waals surface area contributed by atoms with E-state index in [9.17, 15) is 4.79 Å². The van der Waals surface area contributed by atoms with Crippen molar-refractivity contribution in [1.82, 2.24) is 9.71 Å². The van der Waals surface area contributed by atoms with Gasteiger partial charge in [0, 0.05) is 10.0 Å². The number of fused-ring (bicyclic) bond motifs is 1. The number of nitrogens with zero attached hydrogens (tertiary/aromatic N) is 2. The molecule has 0 saturated heterocycles. The zero-order chi connectivity index (χ0) is 17.9. The van der Waals surface area contributed by atoms with E-state index in [1.54, 1.807) is 6.07 Å². The predicted octanol–water partition coefficient (Wildman–Crippen LogP) is 4.45. The Morgan fingerprint density at radius 3 is 2.35 bits per heavy atom. The van der Waals surface area contributed by atoms with Crippen molar-refractivity contribution in [2.75, 3.05) is 0 Å². The molecule has 0 fully saturated rings. The lowest BCUT2D eigenvalue weighted by atomic mass is 10.2. The molecule has 4 aromatic rings. The Bertz CT molecular complexity index is 1110. The standard InChI is InChI=1S/C21H15BrN2O2/c22-17-12-10-15(11-13-17)14-26-24-20(16-6-2-1-3-7-16)23-19-9-5-4-8-18(19)21(24)25/h1-13H,14H2. The van der Waals surface area contributed by atoms with E-state index in [1.807, 2.05) is 72.8 Å². The smallest absolute Gasteiger partial charge is 0.294 e. The fraction of sp³-hybridized carbons (Fsp3) is 0.0476. The second-order valence-corrected chi connectivity index (χ2v) is 6.73. The summed E-state index contributed by atoms with van der Waals surface area (Å²) in [6.45, 7) is 0.271. The van der Waals surface area contributed by atoms with E-state index in [2.05, 4.69) is 20.9 Å². The molecule has 4 nitrogen and oxygen atoms in total. The Morgan fingerprint density at radius 1 is 0.885 bits per heavy atom. The predicted molar refractivity (Wildman–Crippen MR) is 106 cm³/mol. The summed E-state index contributed by atoms with van der Waals surface area (Å²) in [5, 5.41) is 0.531. The third-order valence-electron chi connectivity index (χ3n) is 4.04. The number of hydrogen-bond donors (Lipinski definition) is 0. The molecule has 0 radical (unpaired) electrons. The van der Waals surface area contributed by atoms with Gasteiger partial charge in [-0.2, -0.15) is 0 Å². The molecule has 0 atom stereocenters. The Kier molecular flexibility index (Phi) is 4.54. The molecule has 0 saturated carbocycles. The van der Waals surface area contributed by atoms with Crippen LogP contribution in [-0.4, -0.2) is 9.71 Å². The second-order valence-electron chi connectivity index (χ2n) is 5.82. The zero-order valence-corrected chi connectivity index (χ0v) is 15.4. The fourth-order valence-corrected chi connectivity index (χ4v) is 2.99. The van der Waals surface area contributed by atoms with Crippen molar-refractivity contribution in [2.45, 2.75) is 6.61 Å². The Morgan fingerprint density at radius 2 is 1.58 bits per heavy atom. The van der Waals surface area contributed by atoms with Crippen LogP contribution in [0.25, 0.3) is 22.3 Å². The molecule has 128 valence electrons. The van der Waals surface area contributed by atoms with Gasteiger partial charge in [0.15, 0.2) is 5.82 Å². The molecule has 5 heteroatoms. The topological polar surface area (TPSA) is 44.1 Å². The first kappa shape index (κ1) is 16.5. The molecular weight excluding hydrogens is 392 g/mol. The summed E-state index contributed by atoms with van der Waals surface area (Å²) in [5.74, 6) is 0.492. The SMILES string of the molecule is O=c1c2ccccc2nc(-c2ccccc2)n1OCc1ccc(Br)cc1. The van der Waals surface area contributed by atoms with E-state index >= 15 is 0 Å². The Hall–Kier alpha value is -2.92. The molecule has 1 aromatic heterocycles. The largest absolute Gasteiger partial charge is 0.404 e. The molecule has 0 aliphatic carbocycles. The van der Waals surface area contributed by atoms with Crippen LogP contribution < -0.4 is 10.4 Å². The minimum atomic E-state index is -0.216. The van der Waals surface area contributed by atoms with Gasteiger partial charge in [0.1, 0.15) is 6.61 Å². The first-order valence-corrected chi connectivity index (χ1v) is 8.96. The van der Waals surface area contributed by atoms with Crippen LogP contribution in [0.5, 0.6) is 0 Å². The average molecular weight is 407 g/mol. The van der Waals surface area contributed by atoms with Crippen molar-refractivity contribution in [1.29, 1.82) is 0 Å². The van der Waals surface area contributed by atoms with Crippen molar-refractivity contribution in [3.8, 4) is 11.4 Å². The van der Waals surface area contributed by atoms with E-state index in [4.69, 9.17) is 4.84 Å². The molecule has 0 aliphatic heterocycles. The van der Waals surface area contributed by atoms with Gasteiger partial charge in [0.05, 0.1) is 10.9 Å². The lowest BCUT2D eigenvalue weighted by Gasteiger charge is -2.14. The van der Waals surface area contributed by atoms with Crippen LogP contribution in [0, 0.1) is 0 Å². The summed E-state index contributed by atoms with van der Waals surface area (Å²) in [6, 6.07) is 24.7. The van der Waals surface area contributed by atoms with Gasteiger partial charge in [-0.1, -0.05) is 70.5 Å². The van der Waals surface area contributed by atoms with E-state index in [-0.39, 0.29) is 12.2 Å². The molecule has 0 unspecified atom stereocenters. The Labute approximate surface area is 158 Å².